The number of nitrogens with one attached hydrogen (secondary N) is 1. The van der Waals surface area contributed by atoms with E-state index in [1.54, 1.807) is 40.1 Å². The summed E-state index contributed by atoms with van der Waals surface area (Å²) in [5.41, 5.74) is 1.66. The third-order valence-corrected chi connectivity index (χ3v) is 7.85. The van der Waals surface area contributed by atoms with Crippen LogP contribution in [0, 0.1) is 18.3 Å². The largest absolute Gasteiger partial charge is 0.417 e. The number of aromatic nitrogens is 6. The SMILES string of the molecule is CCN1C(=O)CNc2ncc(-c3ccc(-c4ncn(CCOCCOC[C@@H](C)N(C)c5ccc(C#N)c(C(F)(F)F)c5)n4)nc3C)nc21. The van der Waals surface area contributed by atoms with Crippen molar-refractivity contribution in [3.63, 3.8) is 0 Å². The monoisotopic (exact) mass is 664 g/mol. The lowest BCUT2D eigenvalue weighted by Gasteiger charge is -2.27. The fraction of sp³-hybridized carbons (Fsp3) is 0.406. The Morgan fingerprint density at radius 3 is 2.62 bits per heavy atom. The average Bonchev–Trinajstić information content (AvgIpc) is 3.55. The first kappa shape index (κ1) is 34.2. The highest BCUT2D eigenvalue weighted by Crippen LogP contribution is 2.35. The third-order valence-electron chi connectivity index (χ3n) is 7.85. The average molecular weight is 665 g/mol. The lowest BCUT2D eigenvalue weighted by Crippen LogP contribution is -2.40. The summed E-state index contributed by atoms with van der Waals surface area (Å²) in [6.07, 6.45) is -1.36. The summed E-state index contributed by atoms with van der Waals surface area (Å²) in [6, 6.07) is 8.71. The highest BCUT2D eigenvalue weighted by Gasteiger charge is 2.34. The summed E-state index contributed by atoms with van der Waals surface area (Å²) in [6.45, 7) is 7.98. The summed E-state index contributed by atoms with van der Waals surface area (Å²) < 4.78 is 53.0. The Labute approximate surface area is 275 Å². The Kier molecular flexibility index (Phi) is 10.5. The standard InChI is InChI=1S/C32H35F3N10O3/c1-5-45-28(46)17-38-30-31(45)41-27(16-37-30)24-8-9-26(40-21(24)3)29-39-19-44(42-29)10-11-47-12-13-48-18-20(2)43(4)23-7-6-22(15-36)25(14-23)32(33,34)35/h6-9,14,16,19-20H,5,10-13,17-18H2,1-4H3,(H,37,38)/t20-/m1/s1. The molecule has 0 saturated heterocycles. The number of hydrogen-bond donors (Lipinski definition) is 1. The molecule has 0 aliphatic carbocycles. The van der Waals surface area contributed by atoms with Gasteiger partial charge < -0.3 is 19.7 Å². The lowest BCUT2D eigenvalue weighted by atomic mass is 10.1. The third kappa shape index (κ3) is 7.69. The summed E-state index contributed by atoms with van der Waals surface area (Å²) in [5.74, 6) is 1.46. The number of benzene rings is 1. The number of anilines is 3. The molecule has 1 aliphatic rings. The van der Waals surface area contributed by atoms with Gasteiger partial charge in [0.05, 0.1) is 68.6 Å². The van der Waals surface area contributed by atoms with Crippen LogP contribution in [-0.2, 0) is 27.0 Å². The normalized spacial score (nSPS) is 13.5. The number of ether oxygens (including phenoxy) is 2. The Balaban J connectivity index is 1.07. The van der Waals surface area contributed by atoms with Gasteiger partial charge in [-0.1, -0.05) is 0 Å². The van der Waals surface area contributed by atoms with Crippen LogP contribution in [0.3, 0.4) is 0 Å². The number of nitriles is 1. The molecular weight excluding hydrogens is 629 g/mol. The Bertz CT molecular complexity index is 1810. The van der Waals surface area contributed by atoms with Crippen molar-refractivity contribution in [1.82, 2.24) is 29.7 Å². The van der Waals surface area contributed by atoms with E-state index >= 15 is 0 Å². The second-order valence-electron chi connectivity index (χ2n) is 11.1. The minimum atomic E-state index is -4.62. The molecule has 0 unspecified atom stereocenters. The molecule has 0 fully saturated rings. The predicted molar refractivity (Wildman–Crippen MR) is 171 cm³/mol. The fourth-order valence-corrected chi connectivity index (χ4v) is 5.08. The van der Waals surface area contributed by atoms with Crippen molar-refractivity contribution in [2.45, 2.75) is 39.5 Å². The van der Waals surface area contributed by atoms with E-state index in [0.29, 0.717) is 73.1 Å². The van der Waals surface area contributed by atoms with Gasteiger partial charge in [-0.3, -0.25) is 9.69 Å². The zero-order valence-electron chi connectivity index (χ0n) is 27.0. The number of aryl methyl sites for hydroxylation is 1. The number of pyridine rings is 1. The Morgan fingerprint density at radius 1 is 1.10 bits per heavy atom. The van der Waals surface area contributed by atoms with E-state index in [4.69, 9.17) is 19.7 Å². The van der Waals surface area contributed by atoms with Gasteiger partial charge in [0, 0.05) is 36.6 Å². The van der Waals surface area contributed by atoms with Crippen molar-refractivity contribution in [3.8, 4) is 28.8 Å². The van der Waals surface area contributed by atoms with Gasteiger partial charge >= 0.3 is 6.18 Å². The quantitative estimate of drug-likeness (QED) is 0.204. The summed E-state index contributed by atoms with van der Waals surface area (Å²) in [5, 5.41) is 16.5. The van der Waals surface area contributed by atoms with Gasteiger partial charge in [0.2, 0.25) is 5.91 Å². The van der Waals surface area contributed by atoms with Crippen molar-refractivity contribution >= 4 is 23.2 Å². The highest BCUT2D eigenvalue weighted by atomic mass is 19.4. The maximum atomic E-state index is 13.3. The number of alkyl halides is 3. The topological polar surface area (TPSA) is 147 Å². The second kappa shape index (κ2) is 14.7. The van der Waals surface area contributed by atoms with E-state index in [1.165, 1.54) is 12.1 Å². The van der Waals surface area contributed by atoms with E-state index in [2.05, 4.69) is 25.4 Å². The Hall–Kier alpha value is -5.14. The smallest absolute Gasteiger partial charge is 0.377 e. The zero-order chi connectivity index (χ0) is 34.4. The molecule has 1 atom stereocenters. The molecule has 1 N–H and O–H groups in total. The molecule has 13 nitrogen and oxygen atoms in total. The van der Waals surface area contributed by atoms with Crippen LogP contribution in [0.2, 0.25) is 0 Å². The van der Waals surface area contributed by atoms with Crippen molar-refractivity contribution in [3.05, 3.63) is 59.7 Å². The maximum Gasteiger partial charge on any atom is 0.417 e. The predicted octanol–water partition coefficient (Wildman–Crippen LogP) is 4.33. The summed E-state index contributed by atoms with van der Waals surface area (Å²) in [7, 11) is 1.68. The molecule has 4 heterocycles. The van der Waals surface area contributed by atoms with E-state index in [-0.39, 0.29) is 25.1 Å². The first-order chi connectivity index (χ1) is 23.0. The van der Waals surface area contributed by atoms with E-state index in [0.717, 1.165) is 11.6 Å². The molecule has 48 heavy (non-hydrogen) atoms. The van der Waals surface area contributed by atoms with Crippen molar-refractivity contribution < 1.29 is 27.4 Å². The fourth-order valence-electron chi connectivity index (χ4n) is 5.08. The molecule has 1 aliphatic heterocycles. The molecular formula is C32H35F3N10O3. The molecule has 1 amide bonds. The van der Waals surface area contributed by atoms with Crippen LogP contribution in [0.25, 0.3) is 22.8 Å². The highest BCUT2D eigenvalue weighted by molar-refractivity contribution is 6.00. The molecule has 0 saturated carbocycles. The van der Waals surface area contributed by atoms with Crippen LogP contribution < -0.4 is 15.1 Å². The number of hydrogen-bond acceptors (Lipinski definition) is 11. The van der Waals surface area contributed by atoms with Gasteiger partial charge in [-0.25, -0.2) is 24.6 Å². The van der Waals surface area contributed by atoms with Crippen LogP contribution >= 0.6 is 0 Å². The summed E-state index contributed by atoms with van der Waals surface area (Å²) >= 11 is 0. The minimum Gasteiger partial charge on any atom is -0.377 e. The van der Waals surface area contributed by atoms with E-state index in [1.807, 2.05) is 32.9 Å². The van der Waals surface area contributed by atoms with Gasteiger partial charge in [0.1, 0.15) is 12.0 Å². The molecule has 16 heteroatoms. The number of fused-ring (bicyclic) bond motifs is 1. The molecule has 1 aromatic carbocycles. The first-order valence-electron chi connectivity index (χ1n) is 15.3. The van der Waals surface area contributed by atoms with Crippen molar-refractivity contribution in [2.24, 2.45) is 0 Å². The number of halogens is 3. The molecule has 0 radical (unpaired) electrons. The number of rotatable bonds is 13. The van der Waals surface area contributed by atoms with Gasteiger partial charge in [0.25, 0.3) is 0 Å². The van der Waals surface area contributed by atoms with Crippen LogP contribution in [0.1, 0.15) is 30.7 Å². The van der Waals surface area contributed by atoms with Gasteiger partial charge in [0.15, 0.2) is 17.5 Å². The second-order valence-corrected chi connectivity index (χ2v) is 11.1. The van der Waals surface area contributed by atoms with E-state index < -0.39 is 17.3 Å². The zero-order valence-corrected chi connectivity index (χ0v) is 27.0. The van der Waals surface area contributed by atoms with Crippen LogP contribution in [0.5, 0.6) is 0 Å². The van der Waals surface area contributed by atoms with Gasteiger partial charge in [-0.05, 0) is 51.1 Å². The minimum absolute atomic E-state index is 0.0620. The van der Waals surface area contributed by atoms with Gasteiger partial charge in [-0.2, -0.15) is 18.4 Å². The summed E-state index contributed by atoms with van der Waals surface area (Å²) in [4.78, 5) is 33.8. The van der Waals surface area contributed by atoms with Gasteiger partial charge in [-0.15, -0.1) is 5.10 Å². The number of likely N-dealkylation sites (N-methyl/N-ethyl adjacent to an activating group) is 2. The van der Waals surface area contributed by atoms with E-state index in [9.17, 15) is 18.0 Å². The maximum absolute atomic E-state index is 13.3. The number of nitrogens with zero attached hydrogens (tertiary/aromatic N) is 9. The number of carbonyl (C=O) groups is 1. The molecule has 4 aromatic rings. The number of carbonyl (C=O) groups excluding carboxylic acids is 1. The number of amides is 1. The molecule has 5 rings (SSSR count). The molecule has 3 aromatic heterocycles. The van der Waals surface area contributed by atoms with Crippen LogP contribution in [0.15, 0.2) is 42.9 Å². The first-order valence-corrected chi connectivity index (χ1v) is 15.3. The molecule has 252 valence electrons. The molecule has 0 spiro atoms. The van der Waals surface area contributed by atoms with Crippen LogP contribution in [-0.4, -0.2) is 88.2 Å². The Morgan fingerprint density at radius 2 is 1.90 bits per heavy atom. The van der Waals surface area contributed by atoms with Crippen LogP contribution in [0.4, 0.5) is 30.5 Å². The van der Waals surface area contributed by atoms with Crippen molar-refractivity contribution in [2.75, 3.05) is 61.7 Å². The lowest BCUT2D eigenvalue weighted by molar-refractivity contribution is -0.137. The van der Waals surface area contributed by atoms with Crippen molar-refractivity contribution in [1.29, 1.82) is 5.26 Å². The molecule has 0 bridgehead atoms.